The van der Waals surface area contributed by atoms with Crippen LogP contribution in [0.1, 0.15) is 63.0 Å². The molecule has 6 nitrogen and oxygen atoms in total. The van der Waals surface area contributed by atoms with Crippen LogP contribution >= 0.6 is 0 Å². The number of piperidine rings is 1. The molecule has 0 spiro atoms. The molecule has 2 aliphatic rings. The summed E-state index contributed by atoms with van der Waals surface area (Å²) < 4.78 is 5.36. The van der Waals surface area contributed by atoms with Crippen LogP contribution in [-0.2, 0) is 16.0 Å². The number of benzene rings is 1. The molecule has 2 atom stereocenters. The molecule has 1 aromatic rings. The maximum absolute atomic E-state index is 12.7. The fourth-order valence-corrected chi connectivity index (χ4v) is 4.72. The van der Waals surface area contributed by atoms with E-state index in [1.54, 1.807) is 7.11 Å². The van der Waals surface area contributed by atoms with Gasteiger partial charge >= 0.3 is 5.97 Å². The Bertz CT molecular complexity index is 789. The zero-order valence-corrected chi connectivity index (χ0v) is 18.2. The summed E-state index contributed by atoms with van der Waals surface area (Å²) in [6.45, 7) is 4.18. The number of hydrogen-bond acceptors (Lipinski definition) is 4. The molecular weight excluding hydrogens is 380 g/mol. The highest BCUT2D eigenvalue weighted by Crippen LogP contribution is 2.33. The molecule has 30 heavy (non-hydrogen) atoms. The SMILES string of the molecule is CCCCCC(=O)N1CC[C@@H](CC(=O)O)[C@@H](CC2=NCCc3cc(OC)ccc32)C1. The molecule has 0 bridgehead atoms. The Balaban J connectivity index is 1.73. The Morgan fingerprint density at radius 1 is 1.27 bits per heavy atom. The van der Waals surface area contributed by atoms with Gasteiger partial charge in [-0.05, 0) is 66.8 Å². The summed E-state index contributed by atoms with van der Waals surface area (Å²) in [7, 11) is 1.67. The first-order valence-corrected chi connectivity index (χ1v) is 11.2. The number of carbonyl (C=O) groups is 2. The molecule has 1 N–H and O–H groups in total. The monoisotopic (exact) mass is 414 g/mol. The summed E-state index contributed by atoms with van der Waals surface area (Å²) in [4.78, 5) is 30.9. The van der Waals surface area contributed by atoms with Gasteiger partial charge in [0.2, 0.25) is 5.91 Å². The predicted octanol–water partition coefficient (Wildman–Crippen LogP) is 3.95. The summed E-state index contributed by atoms with van der Waals surface area (Å²) in [5, 5.41) is 9.40. The van der Waals surface area contributed by atoms with E-state index >= 15 is 0 Å². The number of carboxylic acid groups (broad SMARTS) is 1. The first-order chi connectivity index (χ1) is 14.5. The van der Waals surface area contributed by atoms with Crippen molar-refractivity contribution in [3.05, 3.63) is 29.3 Å². The second-order valence-electron chi connectivity index (χ2n) is 8.51. The van der Waals surface area contributed by atoms with Crippen molar-refractivity contribution in [1.29, 1.82) is 0 Å². The first kappa shape index (κ1) is 22.3. The summed E-state index contributed by atoms with van der Waals surface area (Å²) in [6.07, 6.45) is 6.20. The summed E-state index contributed by atoms with van der Waals surface area (Å²) in [5.41, 5.74) is 3.42. The van der Waals surface area contributed by atoms with Crippen LogP contribution < -0.4 is 4.74 Å². The number of ether oxygens (including phenoxy) is 1. The Kier molecular flexibility index (Phi) is 7.88. The lowest BCUT2D eigenvalue weighted by atomic mass is 9.78. The van der Waals surface area contributed by atoms with Crippen LogP contribution in [0.5, 0.6) is 5.75 Å². The maximum Gasteiger partial charge on any atom is 0.303 e. The lowest BCUT2D eigenvalue weighted by molar-refractivity contribution is -0.139. The summed E-state index contributed by atoms with van der Waals surface area (Å²) in [6, 6.07) is 6.09. The highest BCUT2D eigenvalue weighted by atomic mass is 16.5. The van der Waals surface area contributed by atoms with Crippen LogP contribution in [0.3, 0.4) is 0 Å². The third-order valence-corrected chi connectivity index (χ3v) is 6.44. The number of amides is 1. The number of methoxy groups -OCH3 is 1. The van der Waals surface area contributed by atoms with Gasteiger partial charge in [0.25, 0.3) is 0 Å². The number of hydrogen-bond donors (Lipinski definition) is 1. The lowest BCUT2D eigenvalue weighted by Gasteiger charge is -2.39. The average Bonchev–Trinajstić information content (AvgIpc) is 2.74. The fourth-order valence-electron chi connectivity index (χ4n) is 4.72. The zero-order chi connectivity index (χ0) is 21.5. The van der Waals surface area contributed by atoms with E-state index in [0.29, 0.717) is 19.5 Å². The standard InChI is InChI=1S/C24H34N2O4/c1-3-4-5-6-23(27)26-12-10-17(15-24(28)29)19(16-26)14-22-21-8-7-20(30-2)13-18(21)9-11-25-22/h7-8,13,17,19H,3-6,9-12,14-16H2,1-2H3,(H,28,29)/t17-,19-/m0/s1. The second kappa shape index (κ2) is 10.6. The van der Waals surface area contributed by atoms with Crippen molar-refractivity contribution >= 4 is 17.6 Å². The normalized spacial score (nSPS) is 21.0. The molecule has 1 amide bonds. The number of aliphatic imine (C=N–C) groups is 1. The smallest absolute Gasteiger partial charge is 0.303 e. The zero-order valence-electron chi connectivity index (χ0n) is 18.2. The second-order valence-corrected chi connectivity index (χ2v) is 8.51. The number of aliphatic carboxylic acids is 1. The summed E-state index contributed by atoms with van der Waals surface area (Å²) in [5.74, 6) is 0.493. The minimum absolute atomic E-state index is 0.0773. The van der Waals surface area contributed by atoms with Crippen molar-refractivity contribution in [3.8, 4) is 5.75 Å². The number of carboxylic acids is 1. The van der Waals surface area contributed by atoms with Crippen molar-refractivity contribution in [2.24, 2.45) is 16.8 Å². The van der Waals surface area contributed by atoms with Crippen LogP contribution in [0, 0.1) is 11.8 Å². The number of unbranched alkanes of at least 4 members (excludes halogenated alkanes) is 2. The number of fused-ring (bicyclic) bond motifs is 1. The van der Waals surface area contributed by atoms with Crippen LogP contribution in [-0.4, -0.2) is 54.3 Å². The molecular formula is C24H34N2O4. The average molecular weight is 415 g/mol. The van der Waals surface area contributed by atoms with Crippen LogP contribution in [0.25, 0.3) is 0 Å². The summed E-state index contributed by atoms with van der Waals surface area (Å²) >= 11 is 0. The van der Waals surface area contributed by atoms with Gasteiger partial charge in [0.05, 0.1) is 7.11 Å². The van der Waals surface area contributed by atoms with E-state index < -0.39 is 5.97 Å². The highest BCUT2D eigenvalue weighted by molar-refractivity contribution is 6.03. The maximum atomic E-state index is 12.7. The van der Waals surface area contributed by atoms with Crippen molar-refractivity contribution in [3.63, 3.8) is 0 Å². The number of nitrogens with zero attached hydrogens (tertiary/aromatic N) is 2. The van der Waals surface area contributed by atoms with Gasteiger partial charge in [-0.15, -0.1) is 0 Å². The van der Waals surface area contributed by atoms with Crippen molar-refractivity contribution < 1.29 is 19.4 Å². The van der Waals surface area contributed by atoms with E-state index in [-0.39, 0.29) is 24.2 Å². The Labute approximate surface area is 179 Å². The van der Waals surface area contributed by atoms with Crippen LogP contribution in [0.4, 0.5) is 0 Å². The minimum Gasteiger partial charge on any atom is -0.497 e. The van der Waals surface area contributed by atoms with Crippen LogP contribution in [0.15, 0.2) is 23.2 Å². The quantitative estimate of drug-likeness (QED) is 0.621. The molecule has 0 aliphatic carbocycles. The molecule has 164 valence electrons. The largest absolute Gasteiger partial charge is 0.497 e. The topological polar surface area (TPSA) is 79.2 Å². The third-order valence-electron chi connectivity index (χ3n) is 6.44. The molecule has 1 fully saturated rings. The van der Waals surface area contributed by atoms with Crippen LogP contribution in [0.2, 0.25) is 0 Å². The van der Waals surface area contributed by atoms with Gasteiger partial charge in [0.15, 0.2) is 0 Å². The molecule has 0 aromatic heterocycles. The van der Waals surface area contributed by atoms with Gasteiger partial charge in [0, 0.05) is 38.2 Å². The molecule has 0 unspecified atom stereocenters. The van der Waals surface area contributed by atoms with Gasteiger partial charge in [-0.2, -0.15) is 0 Å². The van der Waals surface area contributed by atoms with E-state index in [0.717, 1.165) is 62.1 Å². The fraction of sp³-hybridized carbons (Fsp3) is 0.625. The molecule has 0 radical (unpaired) electrons. The van der Waals surface area contributed by atoms with Crippen molar-refractivity contribution in [1.82, 2.24) is 4.90 Å². The van der Waals surface area contributed by atoms with E-state index in [2.05, 4.69) is 19.1 Å². The number of rotatable bonds is 9. The number of likely N-dealkylation sites (tertiary alicyclic amines) is 1. The van der Waals surface area contributed by atoms with Gasteiger partial charge < -0.3 is 14.7 Å². The molecule has 3 rings (SSSR count). The molecule has 2 aliphatic heterocycles. The van der Waals surface area contributed by atoms with Gasteiger partial charge in [-0.3, -0.25) is 14.6 Å². The van der Waals surface area contributed by atoms with E-state index in [9.17, 15) is 14.7 Å². The van der Waals surface area contributed by atoms with E-state index in [1.165, 1.54) is 5.56 Å². The predicted molar refractivity (Wildman–Crippen MR) is 117 cm³/mol. The van der Waals surface area contributed by atoms with E-state index in [4.69, 9.17) is 9.73 Å². The van der Waals surface area contributed by atoms with Gasteiger partial charge in [0.1, 0.15) is 5.75 Å². The molecule has 0 saturated carbocycles. The minimum atomic E-state index is -0.761. The Morgan fingerprint density at radius 3 is 2.83 bits per heavy atom. The van der Waals surface area contributed by atoms with Gasteiger partial charge in [-0.25, -0.2) is 0 Å². The van der Waals surface area contributed by atoms with Crippen molar-refractivity contribution in [2.45, 2.75) is 58.3 Å². The first-order valence-electron chi connectivity index (χ1n) is 11.2. The van der Waals surface area contributed by atoms with Crippen molar-refractivity contribution in [2.75, 3.05) is 26.7 Å². The number of carbonyl (C=O) groups excluding carboxylic acids is 1. The highest BCUT2D eigenvalue weighted by Gasteiger charge is 2.34. The molecule has 2 heterocycles. The Hall–Kier alpha value is -2.37. The molecule has 1 saturated heterocycles. The van der Waals surface area contributed by atoms with Gasteiger partial charge in [-0.1, -0.05) is 19.8 Å². The molecule has 6 heteroatoms. The third kappa shape index (κ3) is 5.61. The molecule has 1 aromatic carbocycles. The lowest BCUT2D eigenvalue weighted by Crippen LogP contribution is -2.45. The Morgan fingerprint density at radius 2 is 2.10 bits per heavy atom. The van der Waals surface area contributed by atoms with E-state index in [1.807, 2.05) is 11.0 Å².